The first kappa shape index (κ1) is 15.3. The second-order valence-electron chi connectivity index (χ2n) is 5.69. The molecule has 0 atom stereocenters. The summed E-state index contributed by atoms with van der Waals surface area (Å²) in [6, 6.07) is 7.42. The third-order valence-corrected chi connectivity index (χ3v) is 4.58. The van der Waals surface area contributed by atoms with Gasteiger partial charge >= 0.3 is 5.97 Å². The minimum atomic E-state index is -0.169. The number of carbonyl (C=O) groups is 1. The second-order valence-corrected chi connectivity index (χ2v) is 6.10. The van der Waals surface area contributed by atoms with Crippen LogP contribution in [0, 0.1) is 5.41 Å². The highest BCUT2D eigenvalue weighted by molar-refractivity contribution is 6.31. The molecule has 0 heterocycles. The van der Waals surface area contributed by atoms with Crippen molar-refractivity contribution in [2.45, 2.75) is 45.1 Å². The number of ether oxygens (including phenoxy) is 1. The van der Waals surface area contributed by atoms with Gasteiger partial charge < -0.3 is 10.5 Å². The number of carbonyl (C=O) groups excluding carboxylic acids is 1. The van der Waals surface area contributed by atoms with Crippen molar-refractivity contribution in [2.75, 3.05) is 6.54 Å². The highest BCUT2D eigenvalue weighted by Crippen LogP contribution is 2.38. The van der Waals surface area contributed by atoms with E-state index >= 15 is 0 Å². The number of nitrogens with two attached hydrogens (primary N) is 1. The summed E-state index contributed by atoms with van der Waals surface area (Å²) in [4.78, 5) is 12.0. The molecule has 0 spiro atoms. The number of hydrogen-bond acceptors (Lipinski definition) is 3. The summed E-state index contributed by atoms with van der Waals surface area (Å²) < 4.78 is 5.36. The highest BCUT2D eigenvalue weighted by atomic mass is 35.5. The van der Waals surface area contributed by atoms with Crippen LogP contribution in [0.25, 0.3) is 0 Å². The molecule has 0 unspecified atom stereocenters. The average Bonchev–Trinajstić information content (AvgIpc) is 2.47. The van der Waals surface area contributed by atoms with Gasteiger partial charge in [-0.05, 0) is 30.9 Å². The Kier molecular flexibility index (Phi) is 5.44. The summed E-state index contributed by atoms with van der Waals surface area (Å²) in [7, 11) is 0. The van der Waals surface area contributed by atoms with Gasteiger partial charge in [-0.25, -0.2) is 0 Å². The minimum Gasteiger partial charge on any atom is -0.461 e. The third-order valence-electron chi connectivity index (χ3n) is 4.21. The van der Waals surface area contributed by atoms with Crippen molar-refractivity contribution in [1.82, 2.24) is 0 Å². The molecule has 110 valence electrons. The molecule has 4 heteroatoms. The van der Waals surface area contributed by atoms with Gasteiger partial charge in [-0.15, -0.1) is 0 Å². The monoisotopic (exact) mass is 295 g/mol. The molecule has 1 saturated carbocycles. The lowest BCUT2D eigenvalue weighted by Crippen LogP contribution is -2.35. The fourth-order valence-corrected chi connectivity index (χ4v) is 3.08. The van der Waals surface area contributed by atoms with Gasteiger partial charge in [0.1, 0.15) is 6.61 Å². The van der Waals surface area contributed by atoms with E-state index in [1.165, 1.54) is 6.42 Å². The molecule has 0 amide bonds. The Balaban J connectivity index is 1.87. The quantitative estimate of drug-likeness (QED) is 0.843. The molecule has 1 fully saturated rings. The van der Waals surface area contributed by atoms with E-state index in [9.17, 15) is 4.79 Å². The maximum Gasteiger partial charge on any atom is 0.306 e. The number of rotatable bonds is 5. The van der Waals surface area contributed by atoms with Crippen molar-refractivity contribution in [3.63, 3.8) is 0 Å². The summed E-state index contributed by atoms with van der Waals surface area (Å²) in [6.45, 7) is 0.799. The Morgan fingerprint density at radius 3 is 2.60 bits per heavy atom. The molecule has 20 heavy (non-hydrogen) atoms. The molecule has 0 aliphatic heterocycles. The van der Waals surface area contributed by atoms with Crippen LogP contribution in [0.3, 0.4) is 0 Å². The molecule has 2 N–H and O–H groups in total. The first-order valence-electron chi connectivity index (χ1n) is 7.24. The van der Waals surface area contributed by atoms with Crippen LogP contribution < -0.4 is 5.73 Å². The Labute approximate surface area is 125 Å². The predicted octanol–water partition coefficient (Wildman–Crippen LogP) is 3.68. The van der Waals surface area contributed by atoms with Crippen molar-refractivity contribution in [3.05, 3.63) is 34.9 Å². The number of halogens is 1. The van der Waals surface area contributed by atoms with E-state index in [0.29, 0.717) is 18.0 Å². The zero-order valence-corrected chi connectivity index (χ0v) is 12.5. The zero-order chi connectivity index (χ0) is 14.4. The third kappa shape index (κ3) is 3.97. The summed E-state index contributed by atoms with van der Waals surface area (Å²) in [6.07, 6.45) is 6.06. The van der Waals surface area contributed by atoms with Crippen molar-refractivity contribution in [1.29, 1.82) is 0 Å². The van der Waals surface area contributed by atoms with Crippen molar-refractivity contribution >= 4 is 17.6 Å². The summed E-state index contributed by atoms with van der Waals surface area (Å²) in [5, 5.41) is 0.631. The van der Waals surface area contributed by atoms with E-state index in [4.69, 9.17) is 22.1 Å². The molecular formula is C16H22ClNO2. The van der Waals surface area contributed by atoms with Gasteiger partial charge in [-0.2, -0.15) is 0 Å². The molecule has 0 saturated heterocycles. The second kappa shape index (κ2) is 7.09. The first-order chi connectivity index (χ1) is 9.65. The zero-order valence-electron chi connectivity index (χ0n) is 11.7. The van der Waals surface area contributed by atoms with Gasteiger partial charge in [-0.1, -0.05) is 49.1 Å². The fraction of sp³-hybridized carbons (Fsp3) is 0.562. The Morgan fingerprint density at radius 2 is 1.95 bits per heavy atom. The molecule has 1 aliphatic rings. The Hall–Kier alpha value is -1.06. The number of esters is 1. The van der Waals surface area contributed by atoms with E-state index in [2.05, 4.69) is 0 Å². The molecule has 1 aliphatic carbocycles. The molecule has 1 aromatic rings. The van der Waals surface area contributed by atoms with E-state index < -0.39 is 0 Å². The lowest BCUT2D eigenvalue weighted by atomic mass is 9.72. The smallest absolute Gasteiger partial charge is 0.306 e. The van der Waals surface area contributed by atoms with E-state index in [1.54, 1.807) is 6.07 Å². The van der Waals surface area contributed by atoms with Crippen LogP contribution in [-0.2, 0) is 16.1 Å². The van der Waals surface area contributed by atoms with Crippen molar-refractivity contribution in [3.8, 4) is 0 Å². The topological polar surface area (TPSA) is 52.3 Å². The predicted molar refractivity (Wildman–Crippen MR) is 80.4 cm³/mol. The van der Waals surface area contributed by atoms with Crippen LogP contribution in [0.5, 0.6) is 0 Å². The number of hydrogen-bond donors (Lipinski definition) is 1. The normalized spacial score (nSPS) is 17.7. The van der Waals surface area contributed by atoms with Crippen LogP contribution in [0.15, 0.2) is 24.3 Å². The van der Waals surface area contributed by atoms with Gasteiger partial charge in [0.25, 0.3) is 0 Å². The van der Waals surface area contributed by atoms with Gasteiger partial charge in [0.2, 0.25) is 0 Å². The average molecular weight is 296 g/mol. The van der Waals surface area contributed by atoms with Gasteiger partial charge in [0.15, 0.2) is 0 Å². The van der Waals surface area contributed by atoms with Crippen molar-refractivity contribution < 1.29 is 9.53 Å². The lowest BCUT2D eigenvalue weighted by Gasteiger charge is -2.35. The van der Waals surface area contributed by atoms with E-state index in [-0.39, 0.29) is 18.0 Å². The van der Waals surface area contributed by atoms with Crippen LogP contribution >= 0.6 is 11.6 Å². The summed E-state index contributed by atoms with van der Waals surface area (Å²) in [5.41, 5.74) is 6.68. The van der Waals surface area contributed by atoms with E-state index in [1.807, 2.05) is 18.2 Å². The SMILES string of the molecule is NCC1(CC(=O)OCc2ccccc2Cl)CCCCC1. The van der Waals surface area contributed by atoms with Crippen LogP contribution in [0.4, 0.5) is 0 Å². The molecule has 3 nitrogen and oxygen atoms in total. The molecule has 0 aromatic heterocycles. The lowest BCUT2D eigenvalue weighted by molar-refractivity contribution is -0.148. The van der Waals surface area contributed by atoms with Crippen LogP contribution in [0.2, 0.25) is 5.02 Å². The maximum atomic E-state index is 12.0. The number of benzene rings is 1. The molecule has 1 aromatic carbocycles. The largest absolute Gasteiger partial charge is 0.461 e. The van der Waals surface area contributed by atoms with Crippen LogP contribution in [-0.4, -0.2) is 12.5 Å². The fourth-order valence-electron chi connectivity index (χ4n) is 2.89. The molecule has 0 radical (unpaired) electrons. The maximum absolute atomic E-state index is 12.0. The molecule has 2 rings (SSSR count). The summed E-state index contributed by atoms with van der Waals surface area (Å²) >= 11 is 6.04. The standard InChI is InChI=1S/C16H22ClNO2/c17-14-7-3-2-6-13(14)11-20-15(19)10-16(12-18)8-4-1-5-9-16/h2-3,6-7H,1,4-5,8-12,18H2. The molecular weight excluding hydrogens is 274 g/mol. The highest BCUT2D eigenvalue weighted by Gasteiger charge is 2.33. The minimum absolute atomic E-state index is 0.0458. The molecule has 0 bridgehead atoms. The van der Waals surface area contributed by atoms with Gasteiger partial charge in [0, 0.05) is 10.6 Å². The Morgan fingerprint density at radius 1 is 1.25 bits per heavy atom. The van der Waals surface area contributed by atoms with E-state index in [0.717, 1.165) is 31.2 Å². The summed E-state index contributed by atoms with van der Waals surface area (Å²) in [5.74, 6) is -0.169. The van der Waals surface area contributed by atoms with Crippen molar-refractivity contribution in [2.24, 2.45) is 11.1 Å². The van der Waals surface area contributed by atoms with Gasteiger partial charge in [-0.3, -0.25) is 4.79 Å². The first-order valence-corrected chi connectivity index (χ1v) is 7.62. The Bertz CT molecular complexity index is 456. The van der Waals surface area contributed by atoms with Gasteiger partial charge in [0.05, 0.1) is 6.42 Å². The van der Waals surface area contributed by atoms with Crippen LogP contribution in [0.1, 0.15) is 44.1 Å².